The van der Waals surface area contributed by atoms with Gasteiger partial charge >= 0.3 is 5.97 Å². The molecule has 2 aliphatic heterocycles. The van der Waals surface area contributed by atoms with Crippen LogP contribution in [0.5, 0.6) is 17.2 Å². The van der Waals surface area contributed by atoms with E-state index in [0.717, 1.165) is 22.0 Å². The van der Waals surface area contributed by atoms with Crippen molar-refractivity contribution < 1.29 is 39.6 Å². The first kappa shape index (κ1) is 29.2. The number of rotatable bonds is 9. The van der Waals surface area contributed by atoms with Crippen molar-refractivity contribution in [2.45, 2.75) is 28.7 Å². The minimum Gasteiger partial charge on any atom is -0.508 e. The van der Waals surface area contributed by atoms with Gasteiger partial charge in [-0.1, -0.05) is 35.2 Å². The maximum absolute atomic E-state index is 13.5. The Balaban J connectivity index is 1.33. The van der Waals surface area contributed by atoms with Crippen LogP contribution in [-0.2, 0) is 14.4 Å². The number of aryl methyl sites for hydroxylation is 1. The monoisotopic (exact) mass is 629 g/mol. The third-order valence-corrected chi connectivity index (χ3v) is 9.82. The summed E-state index contributed by atoms with van der Waals surface area (Å²) in [6.45, 7) is 1.81. The molecule has 3 aromatic rings. The summed E-state index contributed by atoms with van der Waals surface area (Å²) in [6.07, 6.45) is 0. The molecule has 3 atom stereocenters. The van der Waals surface area contributed by atoms with Crippen LogP contribution in [0.25, 0.3) is 0 Å². The van der Waals surface area contributed by atoms with Crippen molar-refractivity contribution in [1.29, 1.82) is 0 Å². The first-order chi connectivity index (χ1) is 20.0. The van der Waals surface area contributed by atoms with Crippen LogP contribution in [0.4, 0.5) is 0 Å². The first-order valence-electron chi connectivity index (χ1n) is 12.3. The Bertz CT molecular complexity index is 1610. The molecular formula is C26H23N5O8S3. The maximum Gasteiger partial charge on any atom is 0.352 e. The van der Waals surface area contributed by atoms with E-state index in [-0.39, 0.29) is 17.0 Å². The van der Waals surface area contributed by atoms with Gasteiger partial charge in [0.1, 0.15) is 33.9 Å². The molecule has 0 bridgehead atoms. The number of carboxylic acid groups (broad SMARTS) is 1. The van der Waals surface area contributed by atoms with Gasteiger partial charge in [0.2, 0.25) is 5.91 Å². The minimum absolute atomic E-state index is 0.0408. The third kappa shape index (κ3) is 5.86. The molecule has 218 valence electrons. The molecule has 0 radical (unpaired) electrons. The van der Waals surface area contributed by atoms with E-state index in [0.29, 0.717) is 27.0 Å². The molecule has 2 unspecified atom stereocenters. The molecule has 6 N–H and O–H groups in total. The van der Waals surface area contributed by atoms with Gasteiger partial charge < -0.3 is 31.1 Å². The summed E-state index contributed by atoms with van der Waals surface area (Å²) >= 11 is 4.03. The SMILES string of the molecule is Cc1nnc(SCC2=C(C(=O)O)N3C(=O)C(NC(=O)C(NC(=O)c4ccc(O)c(O)c4)c4ccc(O)cc4)[C@H]3SC2)s1. The van der Waals surface area contributed by atoms with E-state index < -0.39 is 52.6 Å². The molecular weight excluding hydrogens is 607 g/mol. The van der Waals surface area contributed by atoms with Crippen LogP contribution in [0.3, 0.4) is 0 Å². The Morgan fingerprint density at radius 2 is 1.83 bits per heavy atom. The second-order valence-corrected chi connectivity index (χ2v) is 12.7. The Kier molecular flexibility index (Phi) is 8.29. The van der Waals surface area contributed by atoms with Gasteiger partial charge in [-0.3, -0.25) is 19.3 Å². The number of phenols is 3. The summed E-state index contributed by atoms with van der Waals surface area (Å²) in [5.41, 5.74) is 0.671. The number of aromatic nitrogens is 2. The normalized spacial score (nSPS) is 18.6. The quantitative estimate of drug-likeness (QED) is 0.114. The maximum atomic E-state index is 13.5. The fourth-order valence-electron chi connectivity index (χ4n) is 4.36. The van der Waals surface area contributed by atoms with Crippen LogP contribution in [0.1, 0.15) is 27.0 Å². The number of carbonyl (C=O) groups excluding carboxylic acids is 3. The molecule has 5 rings (SSSR count). The molecule has 0 aliphatic carbocycles. The number of β-lactam (4-membered cyclic amide) rings is 1. The van der Waals surface area contributed by atoms with E-state index in [1.165, 1.54) is 65.2 Å². The number of carbonyl (C=O) groups is 4. The number of phenolic OH excluding ortho intramolecular Hbond substituents is 3. The van der Waals surface area contributed by atoms with Crippen molar-refractivity contribution in [3.8, 4) is 17.2 Å². The molecule has 3 heterocycles. The Morgan fingerprint density at radius 3 is 2.48 bits per heavy atom. The second kappa shape index (κ2) is 11.9. The summed E-state index contributed by atoms with van der Waals surface area (Å²) < 4.78 is 0.682. The second-order valence-electron chi connectivity index (χ2n) is 9.23. The van der Waals surface area contributed by atoms with Gasteiger partial charge in [-0.15, -0.1) is 22.0 Å². The zero-order valence-corrected chi connectivity index (χ0v) is 24.1. The van der Waals surface area contributed by atoms with Crippen LogP contribution in [0.15, 0.2) is 58.1 Å². The fraction of sp³-hybridized carbons (Fsp3) is 0.231. The predicted molar refractivity (Wildman–Crippen MR) is 153 cm³/mol. The van der Waals surface area contributed by atoms with E-state index in [1.807, 2.05) is 6.92 Å². The standard InChI is InChI=1S/C26H23N5O8S3/c1-11-29-30-26(42-11)41-10-14-9-40-24-19(23(37)31(24)20(14)25(38)39)28-22(36)18(12-2-5-15(32)6-3-12)27-21(35)13-4-7-16(33)17(34)8-13/h2-8,18-19,24,32-34H,9-10H2,1H3,(H,27,35)(H,28,36)(H,38,39)/t18?,19?,24-/m1/s1. The molecule has 13 nitrogen and oxygen atoms in total. The number of carboxylic acids is 1. The number of hydrogen-bond donors (Lipinski definition) is 6. The van der Waals surface area contributed by atoms with E-state index >= 15 is 0 Å². The highest BCUT2D eigenvalue weighted by Crippen LogP contribution is 2.42. The van der Waals surface area contributed by atoms with Crippen molar-refractivity contribution in [1.82, 2.24) is 25.7 Å². The van der Waals surface area contributed by atoms with Gasteiger partial charge in [0, 0.05) is 17.1 Å². The molecule has 16 heteroatoms. The van der Waals surface area contributed by atoms with Gasteiger partial charge in [0.05, 0.1) is 0 Å². The summed E-state index contributed by atoms with van der Waals surface area (Å²) in [4.78, 5) is 53.0. The molecule has 1 aromatic heterocycles. The summed E-state index contributed by atoms with van der Waals surface area (Å²) in [6, 6.07) is 6.54. The predicted octanol–water partition coefficient (Wildman–Crippen LogP) is 1.97. The fourth-order valence-corrected chi connectivity index (χ4v) is 7.66. The molecule has 1 fully saturated rings. The highest BCUT2D eigenvalue weighted by molar-refractivity contribution is 8.01. The van der Waals surface area contributed by atoms with Crippen molar-refractivity contribution in [2.24, 2.45) is 0 Å². The summed E-state index contributed by atoms with van der Waals surface area (Å²) in [5.74, 6) is -3.76. The zero-order valence-electron chi connectivity index (χ0n) is 21.7. The average molecular weight is 630 g/mol. The van der Waals surface area contributed by atoms with Crippen molar-refractivity contribution in [3.05, 3.63) is 69.9 Å². The topological polar surface area (TPSA) is 202 Å². The van der Waals surface area contributed by atoms with Crippen LogP contribution >= 0.6 is 34.9 Å². The van der Waals surface area contributed by atoms with Gasteiger partial charge in [0.25, 0.3) is 11.8 Å². The van der Waals surface area contributed by atoms with Gasteiger partial charge in [-0.2, -0.15) is 0 Å². The van der Waals surface area contributed by atoms with Crippen molar-refractivity contribution >= 4 is 58.6 Å². The number of hydrogen-bond acceptors (Lipinski definition) is 12. The molecule has 0 spiro atoms. The van der Waals surface area contributed by atoms with Crippen LogP contribution < -0.4 is 10.6 Å². The number of amides is 3. The number of fused-ring (bicyclic) bond motifs is 1. The van der Waals surface area contributed by atoms with E-state index in [4.69, 9.17) is 0 Å². The van der Waals surface area contributed by atoms with Crippen LogP contribution in [0, 0.1) is 6.92 Å². The largest absolute Gasteiger partial charge is 0.508 e. The smallest absolute Gasteiger partial charge is 0.352 e. The first-order valence-corrected chi connectivity index (χ1v) is 15.1. The Labute approximate surface area is 250 Å². The highest BCUT2D eigenvalue weighted by atomic mass is 32.2. The lowest BCUT2D eigenvalue weighted by Crippen LogP contribution is -2.71. The van der Waals surface area contributed by atoms with Crippen molar-refractivity contribution in [2.75, 3.05) is 11.5 Å². The van der Waals surface area contributed by atoms with E-state index in [9.17, 15) is 39.6 Å². The Hall–Kier alpha value is -4.28. The van der Waals surface area contributed by atoms with Gasteiger partial charge in [-0.25, -0.2) is 4.79 Å². The minimum atomic E-state index is -1.32. The van der Waals surface area contributed by atoms with E-state index in [1.54, 1.807) is 0 Å². The van der Waals surface area contributed by atoms with Crippen LogP contribution in [0.2, 0.25) is 0 Å². The van der Waals surface area contributed by atoms with E-state index in [2.05, 4.69) is 20.8 Å². The molecule has 2 aliphatic rings. The van der Waals surface area contributed by atoms with Crippen molar-refractivity contribution in [3.63, 3.8) is 0 Å². The van der Waals surface area contributed by atoms with Gasteiger partial charge in [-0.05, 0) is 48.4 Å². The number of nitrogens with zero attached hydrogens (tertiary/aromatic N) is 3. The summed E-state index contributed by atoms with van der Waals surface area (Å²) in [7, 11) is 0. The Morgan fingerprint density at radius 1 is 1.10 bits per heavy atom. The number of aromatic hydroxyl groups is 3. The highest BCUT2D eigenvalue weighted by Gasteiger charge is 2.54. The number of aliphatic carboxylic acids is 1. The number of benzene rings is 2. The summed E-state index contributed by atoms with van der Waals surface area (Å²) in [5, 5.41) is 52.2. The third-order valence-electron chi connectivity index (χ3n) is 6.43. The molecule has 2 aromatic carbocycles. The molecule has 1 saturated heterocycles. The molecule has 3 amide bonds. The zero-order chi connectivity index (χ0) is 30.1. The molecule has 0 saturated carbocycles. The number of thioether (sulfide) groups is 2. The molecule has 42 heavy (non-hydrogen) atoms. The average Bonchev–Trinajstić information content (AvgIpc) is 3.39. The lowest BCUT2D eigenvalue weighted by molar-refractivity contribution is -0.151. The lowest BCUT2D eigenvalue weighted by Gasteiger charge is -2.49. The van der Waals surface area contributed by atoms with Gasteiger partial charge in [0.15, 0.2) is 15.8 Å². The number of nitrogens with one attached hydrogen (secondary N) is 2. The van der Waals surface area contributed by atoms with Crippen LogP contribution in [-0.4, -0.2) is 82.1 Å². The lowest BCUT2D eigenvalue weighted by atomic mass is 10.0.